The number of piperidine rings is 1. The van der Waals surface area contributed by atoms with E-state index < -0.39 is 0 Å². The van der Waals surface area contributed by atoms with Crippen LogP contribution < -0.4 is 4.90 Å². The molecule has 0 N–H and O–H groups in total. The van der Waals surface area contributed by atoms with E-state index in [2.05, 4.69) is 46.4 Å². The zero-order valence-corrected chi connectivity index (χ0v) is 19.3. The van der Waals surface area contributed by atoms with Gasteiger partial charge in [0, 0.05) is 30.9 Å². The zero-order valence-electron chi connectivity index (χ0n) is 19.3. The molecule has 0 unspecified atom stereocenters. The minimum absolute atomic E-state index is 0.0265. The number of likely N-dealkylation sites (tertiary alicyclic amines) is 1. The van der Waals surface area contributed by atoms with E-state index in [0.29, 0.717) is 17.9 Å². The quantitative estimate of drug-likeness (QED) is 0.590. The Morgan fingerprint density at radius 1 is 1.03 bits per heavy atom. The van der Waals surface area contributed by atoms with Crippen molar-refractivity contribution >= 4 is 11.7 Å². The molecule has 3 aromatic rings. The second kappa shape index (κ2) is 9.29. The number of aromatic nitrogens is 4. The molecule has 2 aromatic heterocycles. The summed E-state index contributed by atoms with van der Waals surface area (Å²) >= 11 is 0. The van der Waals surface area contributed by atoms with Gasteiger partial charge in [-0.25, -0.2) is 14.6 Å². The van der Waals surface area contributed by atoms with Crippen molar-refractivity contribution in [2.45, 2.75) is 65.0 Å². The Morgan fingerprint density at radius 2 is 1.88 bits per heavy atom. The molecule has 0 bridgehead atoms. The third kappa shape index (κ3) is 4.47. The first-order valence-electron chi connectivity index (χ1n) is 11.8. The third-order valence-electron chi connectivity index (χ3n) is 6.77. The first kappa shape index (κ1) is 21.6. The molecule has 8 heteroatoms. The maximum atomic E-state index is 13.2. The minimum atomic E-state index is -0.115. The fourth-order valence-electron chi connectivity index (χ4n) is 4.97. The molecule has 1 fully saturated rings. The number of nitrogens with zero attached hydrogens (tertiary/aromatic N) is 6. The lowest BCUT2D eigenvalue weighted by Gasteiger charge is -2.36. The van der Waals surface area contributed by atoms with Crippen molar-refractivity contribution in [3.05, 3.63) is 64.4 Å². The van der Waals surface area contributed by atoms with E-state index in [-0.39, 0.29) is 18.4 Å². The van der Waals surface area contributed by atoms with Crippen LogP contribution in [0.5, 0.6) is 0 Å². The number of hydrogen-bond donors (Lipinski definition) is 0. The van der Waals surface area contributed by atoms with Crippen LogP contribution in [-0.2, 0) is 24.2 Å². The predicted octanol–water partition coefficient (Wildman–Crippen LogP) is 3.73. The van der Waals surface area contributed by atoms with E-state index in [1.807, 2.05) is 17.9 Å². The van der Waals surface area contributed by atoms with Gasteiger partial charge in [-0.3, -0.25) is 4.79 Å². The van der Waals surface area contributed by atoms with Gasteiger partial charge in [-0.05, 0) is 51.5 Å². The maximum absolute atomic E-state index is 13.2. The van der Waals surface area contributed by atoms with Crippen LogP contribution in [0.3, 0.4) is 0 Å². The average molecular weight is 447 g/mol. The summed E-state index contributed by atoms with van der Waals surface area (Å²) in [6, 6.07) is 10.4. The van der Waals surface area contributed by atoms with Gasteiger partial charge < -0.3 is 9.80 Å². The number of aryl methyl sites for hydroxylation is 2. The Labute approximate surface area is 194 Å². The SMILES string of the molecule is Cc1nonc1CC(=O)N1CCCC[C@@H]1c1nc(C)c2c(n1)N(Cc1ccccc1)CCC2. The second-order valence-electron chi connectivity index (χ2n) is 9.05. The second-order valence-corrected chi connectivity index (χ2v) is 9.05. The van der Waals surface area contributed by atoms with Crippen LogP contribution >= 0.6 is 0 Å². The van der Waals surface area contributed by atoms with Crippen molar-refractivity contribution in [2.24, 2.45) is 0 Å². The molecule has 0 spiro atoms. The number of anilines is 1. The van der Waals surface area contributed by atoms with Gasteiger partial charge >= 0.3 is 0 Å². The molecule has 1 atom stereocenters. The molecule has 0 radical (unpaired) electrons. The number of amides is 1. The molecular weight excluding hydrogens is 416 g/mol. The molecule has 4 heterocycles. The summed E-state index contributed by atoms with van der Waals surface area (Å²) in [5, 5.41) is 7.71. The number of carbonyl (C=O) groups is 1. The highest BCUT2D eigenvalue weighted by Gasteiger charge is 2.33. The topological polar surface area (TPSA) is 88.2 Å². The first-order chi connectivity index (χ1) is 16.1. The highest BCUT2D eigenvalue weighted by atomic mass is 16.6. The van der Waals surface area contributed by atoms with Crippen LogP contribution in [0.25, 0.3) is 0 Å². The maximum Gasteiger partial charge on any atom is 0.229 e. The fourth-order valence-corrected chi connectivity index (χ4v) is 4.97. The van der Waals surface area contributed by atoms with Crippen LogP contribution in [0.4, 0.5) is 5.82 Å². The van der Waals surface area contributed by atoms with Crippen molar-refractivity contribution in [1.82, 2.24) is 25.2 Å². The van der Waals surface area contributed by atoms with Gasteiger partial charge in [-0.2, -0.15) is 0 Å². The van der Waals surface area contributed by atoms with Gasteiger partial charge in [-0.1, -0.05) is 40.6 Å². The monoisotopic (exact) mass is 446 g/mol. The summed E-state index contributed by atoms with van der Waals surface area (Å²) in [6.07, 6.45) is 5.21. The standard InChI is InChI=1S/C25H30N6O2/c1-17-20-11-8-13-30(16-19-9-4-3-5-10-19)25(20)27-24(26-17)22-12-6-7-14-31(22)23(32)15-21-18(2)28-33-29-21/h3-5,9-10,22H,6-8,11-16H2,1-2H3/t22-/m1/s1. The van der Waals surface area contributed by atoms with Crippen LogP contribution in [-0.4, -0.2) is 44.2 Å². The summed E-state index contributed by atoms with van der Waals surface area (Å²) in [7, 11) is 0. The molecule has 1 aromatic carbocycles. The Morgan fingerprint density at radius 3 is 2.67 bits per heavy atom. The lowest BCUT2D eigenvalue weighted by atomic mass is 9.98. The molecule has 5 rings (SSSR count). The normalized spacial score (nSPS) is 18.3. The van der Waals surface area contributed by atoms with E-state index in [4.69, 9.17) is 14.6 Å². The van der Waals surface area contributed by atoms with Gasteiger partial charge in [0.05, 0.1) is 12.5 Å². The molecule has 0 saturated carbocycles. The summed E-state index contributed by atoms with van der Waals surface area (Å²) in [4.78, 5) is 27.5. The molecule has 172 valence electrons. The molecule has 0 aliphatic carbocycles. The number of carbonyl (C=O) groups excluding carboxylic acids is 1. The molecule has 33 heavy (non-hydrogen) atoms. The lowest BCUT2D eigenvalue weighted by molar-refractivity contribution is -0.134. The molecule has 2 aliphatic heterocycles. The van der Waals surface area contributed by atoms with Crippen molar-refractivity contribution < 1.29 is 9.42 Å². The largest absolute Gasteiger partial charge is 0.352 e. The summed E-state index contributed by atoms with van der Waals surface area (Å²) in [5.41, 5.74) is 4.80. The molecular formula is C25H30N6O2. The Hall–Kier alpha value is -3.29. The van der Waals surface area contributed by atoms with E-state index in [1.54, 1.807) is 0 Å². The summed E-state index contributed by atoms with van der Waals surface area (Å²) in [6.45, 7) is 6.40. The van der Waals surface area contributed by atoms with Gasteiger partial charge in [0.15, 0.2) is 5.82 Å². The fraction of sp³-hybridized carbons (Fsp3) is 0.480. The van der Waals surface area contributed by atoms with Gasteiger partial charge in [0.25, 0.3) is 0 Å². The highest BCUT2D eigenvalue weighted by molar-refractivity contribution is 5.79. The van der Waals surface area contributed by atoms with Crippen molar-refractivity contribution in [1.29, 1.82) is 0 Å². The van der Waals surface area contributed by atoms with E-state index in [0.717, 1.165) is 62.5 Å². The van der Waals surface area contributed by atoms with Crippen LogP contribution in [0, 0.1) is 13.8 Å². The van der Waals surface area contributed by atoms with Crippen molar-refractivity contribution in [3.8, 4) is 0 Å². The summed E-state index contributed by atoms with van der Waals surface area (Å²) in [5.74, 6) is 1.81. The molecule has 1 saturated heterocycles. The van der Waals surface area contributed by atoms with E-state index in [9.17, 15) is 4.79 Å². The number of fused-ring (bicyclic) bond motifs is 1. The number of rotatable bonds is 5. The number of benzene rings is 1. The minimum Gasteiger partial charge on any atom is -0.352 e. The van der Waals surface area contributed by atoms with E-state index in [1.165, 1.54) is 11.1 Å². The molecule has 8 nitrogen and oxygen atoms in total. The Kier molecular flexibility index (Phi) is 6.07. The van der Waals surface area contributed by atoms with Crippen LogP contribution in [0.2, 0.25) is 0 Å². The Bertz CT molecular complexity index is 1130. The van der Waals surface area contributed by atoms with Gasteiger partial charge in [0.1, 0.15) is 17.2 Å². The Balaban J connectivity index is 1.44. The highest BCUT2D eigenvalue weighted by Crippen LogP contribution is 2.34. The van der Waals surface area contributed by atoms with Crippen molar-refractivity contribution in [2.75, 3.05) is 18.0 Å². The average Bonchev–Trinajstić information content (AvgIpc) is 3.24. The van der Waals surface area contributed by atoms with Crippen molar-refractivity contribution in [3.63, 3.8) is 0 Å². The van der Waals surface area contributed by atoms with Gasteiger partial charge in [-0.15, -0.1) is 0 Å². The van der Waals surface area contributed by atoms with Crippen LogP contribution in [0.15, 0.2) is 35.0 Å². The zero-order chi connectivity index (χ0) is 22.8. The van der Waals surface area contributed by atoms with E-state index >= 15 is 0 Å². The predicted molar refractivity (Wildman–Crippen MR) is 124 cm³/mol. The smallest absolute Gasteiger partial charge is 0.229 e. The molecule has 1 amide bonds. The lowest BCUT2D eigenvalue weighted by Crippen LogP contribution is -2.41. The van der Waals surface area contributed by atoms with Gasteiger partial charge in [0.2, 0.25) is 5.91 Å². The van der Waals surface area contributed by atoms with Crippen LogP contribution in [0.1, 0.15) is 65.8 Å². The summed E-state index contributed by atoms with van der Waals surface area (Å²) < 4.78 is 4.78. The third-order valence-corrected chi connectivity index (χ3v) is 6.77. The number of hydrogen-bond acceptors (Lipinski definition) is 7. The first-order valence-corrected chi connectivity index (χ1v) is 11.8. The molecule has 2 aliphatic rings.